The van der Waals surface area contributed by atoms with E-state index in [-0.39, 0.29) is 12.3 Å². The first-order valence-electron chi connectivity index (χ1n) is 7.23. The van der Waals surface area contributed by atoms with Gasteiger partial charge in [0.15, 0.2) is 0 Å². The predicted octanol–water partition coefficient (Wildman–Crippen LogP) is 2.54. The van der Waals surface area contributed by atoms with E-state index in [0.29, 0.717) is 19.1 Å². The van der Waals surface area contributed by atoms with Crippen LogP contribution in [-0.4, -0.2) is 31.3 Å². The summed E-state index contributed by atoms with van der Waals surface area (Å²) in [7, 11) is 1.63. The van der Waals surface area contributed by atoms with Gasteiger partial charge in [-0.25, -0.2) is 0 Å². The molecule has 0 radical (unpaired) electrons. The Hall–Kier alpha value is -1.75. The van der Waals surface area contributed by atoms with Gasteiger partial charge in [0.25, 0.3) is 0 Å². The summed E-state index contributed by atoms with van der Waals surface area (Å²) in [5, 5.41) is 8.80. The number of nitrogens with two attached hydrogens (primary N) is 1. The van der Waals surface area contributed by atoms with Gasteiger partial charge >= 0.3 is 5.97 Å². The monoisotopic (exact) mass is 295 g/mol. The van der Waals surface area contributed by atoms with Crippen LogP contribution in [0, 0.1) is 11.8 Å². The highest BCUT2D eigenvalue weighted by molar-refractivity contribution is 5.67. The van der Waals surface area contributed by atoms with E-state index in [1.54, 1.807) is 7.11 Å². The first kappa shape index (κ1) is 17.3. The second-order valence-corrected chi connectivity index (χ2v) is 5.35. The van der Waals surface area contributed by atoms with Crippen molar-refractivity contribution >= 4 is 5.97 Å². The fourth-order valence-corrected chi connectivity index (χ4v) is 2.25. The summed E-state index contributed by atoms with van der Waals surface area (Å²) in [4.78, 5) is 10.7. The number of carbonyl (C=O) groups is 1. The standard InChI is InChI=1S/C16H25NO4/c1-12(9-13(11-17)10-16(18)19)7-8-21-15-5-3-14(20-2)4-6-15/h3-6,12-13H,7-11,17H2,1-2H3,(H,18,19)/t12-,13+/m1/s1. The highest BCUT2D eigenvalue weighted by Gasteiger charge is 2.15. The maximum atomic E-state index is 10.7. The first-order chi connectivity index (χ1) is 10.0. The minimum atomic E-state index is -0.785. The Labute approximate surface area is 126 Å². The predicted molar refractivity (Wildman–Crippen MR) is 81.7 cm³/mol. The number of hydrogen-bond donors (Lipinski definition) is 2. The minimum Gasteiger partial charge on any atom is -0.497 e. The number of carboxylic acids is 1. The molecule has 0 aromatic heterocycles. The molecule has 0 heterocycles. The lowest BCUT2D eigenvalue weighted by Crippen LogP contribution is -2.21. The molecular formula is C16H25NO4. The van der Waals surface area contributed by atoms with E-state index in [1.165, 1.54) is 0 Å². The molecule has 0 bridgehead atoms. The molecule has 0 aliphatic heterocycles. The zero-order chi connectivity index (χ0) is 15.7. The van der Waals surface area contributed by atoms with Gasteiger partial charge in [-0.15, -0.1) is 0 Å². The highest BCUT2D eigenvalue weighted by atomic mass is 16.5. The molecule has 2 atom stereocenters. The van der Waals surface area contributed by atoms with Gasteiger partial charge in [-0.3, -0.25) is 4.79 Å². The maximum Gasteiger partial charge on any atom is 0.303 e. The number of aliphatic carboxylic acids is 1. The van der Waals surface area contributed by atoms with E-state index in [4.69, 9.17) is 20.3 Å². The average molecular weight is 295 g/mol. The van der Waals surface area contributed by atoms with Crippen molar-refractivity contribution in [1.82, 2.24) is 0 Å². The number of methoxy groups -OCH3 is 1. The Bertz CT molecular complexity index is 419. The molecule has 0 saturated heterocycles. The minimum absolute atomic E-state index is 0.0403. The van der Waals surface area contributed by atoms with Crippen molar-refractivity contribution < 1.29 is 19.4 Å². The molecule has 0 fully saturated rings. The molecule has 0 unspecified atom stereocenters. The summed E-state index contributed by atoms with van der Waals surface area (Å²) in [5.74, 6) is 1.25. The van der Waals surface area contributed by atoms with Crippen molar-refractivity contribution in [2.75, 3.05) is 20.3 Å². The van der Waals surface area contributed by atoms with Crippen molar-refractivity contribution in [2.45, 2.75) is 26.2 Å². The first-order valence-corrected chi connectivity index (χ1v) is 7.23. The van der Waals surface area contributed by atoms with E-state index in [2.05, 4.69) is 6.92 Å². The Morgan fingerprint density at radius 3 is 2.43 bits per heavy atom. The van der Waals surface area contributed by atoms with Gasteiger partial charge in [-0.1, -0.05) is 6.92 Å². The zero-order valence-electron chi connectivity index (χ0n) is 12.7. The van der Waals surface area contributed by atoms with Crippen LogP contribution in [0.1, 0.15) is 26.2 Å². The molecule has 21 heavy (non-hydrogen) atoms. The SMILES string of the molecule is COc1ccc(OCC[C@@H](C)C[C@H](CN)CC(=O)O)cc1. The van der Waals surface area contributed by atoms with Gasteiger partial charge in [0.2, 0.25) is 0 Å². The van der Waals surface area contributed by atoms with Crippen molar-refractivity contribution in [1.29, 1.82) is 0 Å². The lowest BCUT2D eigenvalue weighted by molar-refractivity contribution is -0.138. The van der Waals surface area contributed by atoms with Crippen molar-refractivity contribution in [2.24, 2.45) is 17.6 Å². The summed E-state index contributed by atoms with van der Waals surface area (Å²) in [6, 6.07) is 7.46. The molecule has 1 aromatic carbocycles. The van der Waals surface area contributed by atoms with Crippen molar-refractivity contribution in [3.8, 4) is 11.5 Å². The topological polar surface area (TPSA) is 81.8 Å². The average Bonchev–Trinajstić information content (AvgIpc) is 2.46. The van der Waals surface area contributed by atoms with Crippen molar-refractivity contribution in [3.05, 3.63) is 24.3 Å². The van der Waals surface area contributed by atoms with Crippen LogP contribution in [-0.2, 0) is 4.79 Å². The lowest BCUT2D eigenvalue weighted by Gasteiger charge is -2.18. The third-order valence-electron chi connectivity index (χ3n) is 3.47. The smallest absolute Gasteiger partial charge is 0.303 e. The highest BCUT2D eigenvalue weighted by Crippen LogP contribution is 2.20. The fraction of sp³-hybridized carbons (Fsp3) is 0.562. The van der Waals surface area contributed by atoms with E-state index in [1.807, 2.05) is 24.3 Å². The fourth-order valence-electron chi connectivity index (χ4n) is 2.25. The molecular weight excluding hydrogens is 270 g/mol. The van der Waals surface area contributed by atoms with Crippen LogP contribution < -0.4 is 15.2 Å². The van der Waals surface area contributed by atoms with Crippen LogP contribution in [0.4, 0.5) is 0 Å². The normalized spacial score (nSPS) is 13.5. The van der Waals surface area contributed by atoms with Crippen molar-refractivity contribution in [3.63, 3.8) is 0 Å². The number of ether oxygens (including phenoxy) is 2. The lowest BCUT2D eigenvalue weighted by atomic mass is 9.91. The summed E-state index contributed by atoms with van der Waals surface area (Å²) < 4.78 is 10.8. The van der Waals surface area contributed by atoms with E-state index in [0.717, 1.165) is 24.3 Å². The van der Waals surface area contributed by atoms with Gasteiger partial charge in [-0.2, -0.15) is 0 Å². The third-order valence-corrected chi connectivity index (χ3v) is 3.47. The van der Waals surface area contributed by atoms with Crippen LogP contribution in [0.3, 0.4) is 0 Å². The molecule has 118 valence electrons. The molecule has 0 amide bonds. The van der Waals surface area contributed by atoms with E-state index >= 15 is 0 Å². The molecule has 5 nitrogen and oxygen atoms in total. The van der Waals surface area contributed by atoms with E-state index in [9.17, 15) is 4.79 Å². The van der Waals surface area contributed by atoms with Crippen LogP contribution in [0.2, 0.25) is 0 Å². The largest absolute Gasteiger partial charge is 0.497 e. The molecule has 0 aliphatic rings. The van der Waals surface area contributed by atoms with Crippen LogP contribution in [0.25, 0.3) is 0 Å². The second kappa shape index (κ2) is 9.23. The number of carboxylic acid groups (broad SMARTS) is 1. The van der Waals surface area contributed by atoms with Gasteiger partial charge in [0.05, 0.1) is 13.7 Å². The van der Waals surface area contributed by atoms with Crippen LogP contribution >= 0.6 is 0 Å². The molecule has 0 spiro atoms. The molecule has 0 aliphatic carbocycles. The number of hydrogen-bond acceptors (Lipinski definition) is 4. The third kappa shape index (κ3) is 6.99. The summed E-state index contributed by atoms with van der Waals surface area (Å²) in [6.07, 6.45) is 1.83. The van der Waals surface area contributed by atoms with Gasteiger partial charge < -0.3 is 20.3 Å². The summed E-state index contributed by atoms with van der Waals surface area (Å²) in [5.41, 5.74) is 5.61. The Morgan fingerprint density at radius 2 is 1.90 bits per heavy atom. The Balaban J connectivity index is 2.28. The molecule has 1 rings (SSSR count). The number of rotatable bonds is 10. The molecule has 0 saturated carbocycles. The number of benzene rings is 1. The molecule has 3 N–H and O–H groups in total. The van der Waals surface area contributed by atoms with Gasteiger partial charge in [-0.05, 0) is 55.5 Å². The second-order valence-electron chi connectivity index (χ2n) is 5.35. The summed E-state index contributed by atoms with van der Waals surface area (Å²) >= 11 is 0. The van der Waals surface area contributed by atoms with Gasteiger partial charge in [0.1, 0.15) is 11.5 Å². The van der Waals surface area contributed by atoms with Gasteiger partial charge in [0, 0.05) is 6.42 Å². The molecule has 1 aromatic rings. The Kier molecular flexibility index (Phi) is 7.61. The summed E-state index contributed by atoms with van der Waals surface area (Å²) in [6.45, 7) is 3.12. The maximum absolute atomic E-state index is 10.7. The zero-order valence-corrected chi connectivity index (χ0v) is 12.7. The molecule has 5 heteroatoms. The van der Waals surface area contributed by atoms with E-state index < -0.39 is 5.97 Å². The van der Waals surface area contributed by atoms with Crippen LogP contribution in [0.5, 0.6) is 11.5 Å². The quantitative estimate of drug-likeness (QED) is 0.693. The van der Waals surface area contributed by atoms with Crippen LogP contribution in [0.15, 0.2) is 24.3 Å². The Morgan fingerprint density at radius 1 is 1.29 bits per heavy atom.